The molecule has 0 aromatic heterocycles. The van der Waals surface area contributed by atoms with Crippen molar-refractivity contribution >= 4 is 12.6 Å². The van der Waals surface area contributed by atoms with Crippen molar-refractivity contribution in [3.63, 3.8) is 0 Å². The predicted octanol–water partition coefficient (Wildman–Crippen LogP) is 2.56. The van der Waals surface area contributed by atoms with Crippen LogP contribution in [0.1, 0.15) is 5.56 Å². The molecule has 0 saturated heterocycles. The van der Waals surface area contributed by atoms with Crippen molar-refractivity contribution in [3.8, 4) is 0 Å². The first-order valence-corrected chi connectivity index (χ1v) is 3.20. The van der Waals surface area contributed by atoms with Gasteiger partial charge in [0.25, 0.3) is 0 Å². The van der Waals surface area contributed by atoms with E-state index in [1.54, 1.807) is 6.92 Å². The Labute approximate surface area is 63.3 Å². The molecule has 0 N–H and O–H groups in total. The third kappa shape index (κ3) is 1.29. The molecule has 1 rings (SSSR count). The Morgan fingerprint density at radius 2 is 1.90 bits per heavy atom. The molecular weight excluding hydrogens is 154 g/mol. The minimum Gasteiger partial charge on any atom is -0.204 e. The summed E-state index contributed by atoms with van der Waals surface area (Å²) in [5, 5.41) is 0. The molecule has 0 nitrogen and oxygen atoms in total. The van der Waals surface area contributed by atoms with Crippen LogP contribution in [0.5, 0.6) is 0 Å². The molecule has 1 aromatic carbocycles. The summed E-state index contributed by atoms with van der Waals surface area (Å²) in [7, 11) is 0. The quantitative estimate of drug-likeness (QED) is 0.554. The van der Waals surface area contributed by atoms with E-state index in [0.717, 1.165) is 6.07 Å². The summed E-state index contributed by atoms with van der Waals surface area (Å²) in [4.78, 5) is 0.0532. The zero-order valence-electron chi connectivity index (χ0n) is 5.36. The second-order valence-corrected chi connectivity index (χ2v) is 2.56. The van der Waals surface area contributed by atoms with Crippen LogP contribution in [-0.4, -0.2) is 0 Å². The highest BCUT2D eigenvalue weighted by Gasteiger charge is 2.04. The van der Waals surface area contributed by atoms with Crippen molar-refractivity contribution < 1.29 is 8.78 Å². The smallest absolute Gasteiger partial charge is 0.172 e. The molecule has 0 aliphatic carbocycles. The van der Waals surface area contributed by atoms with Gasteiger partial charge in [-0.1, -0.05) is 0 Å². The Kier molecular flexibility index (Phi) is 1.94. The molecule has 0 fully saturated rings. The average molecular weight is 160 g/mol. The standard InChI is InChI=1S/C7H6F2S/c1-4-2-5(8)7(9)6(10)3-4/h2-3,10H,1H3. The van der Waals surface area contributed by atoms with E-state index in [0.29, 0.717) is 5.56 Å². The Morgan fingerprint density at radius 3 is 2.40 bits per heavy atom. The fourth-order valence-electron chi connectivity index (χ4n) is 0.706. The van der Waals surface area contributed by atoms with Crippen LogP contribution in [0.4, 0.5) is 8.78 Å². The molecule has 54 valence electrons. The maximum atomic E-state index is 12.5. The highest BCUT2D eigenvalue weighted by atomic mass is 32.1. The van der Waals surface area contributed by atoms with Gasteiger partial charge < -0.3 is 0 Å². The van der Waals surface area contributed by atoms with Crippen LogP contribution in [0.15, 0.2) is 17.0 Å². The normalized spacial score (nSPS) is 10.0. The molecule has 0 radical (unpaired) electrons. The van der Waals surface area contributed by atoms with Crippen LogP contribution in [0.25, 0.3) is 0 Å². The molecule has 0 aliphatic heterocycles. The Hall–Kier alpha value is -0.570. The molecule has 3 heteroatoms. The summed E-state index contributed by atoms with van der Waals surface area (Å²) < 4.78 is 24.9. The van der Waals surface area contributed by atoms with Crippen molar-refractivity contribution in [1.29, 1.82) is 0 Å². The van der Waals surface area contributed by atoms with Crippen molar-refractivity contribution in [2.24, 2.45) is 0 Å². The van der Waals surface area contributed by atoms with E-state index >= 15 is 0 Å². The zero-order chi connectivity index (χ0) is 7.72. The van der Waals surface area contributed by atoms with Gasteiger partial charge in [-0.3, -0.25) is 0 Å². The number of hydrogen-bond acceptors (Lipinski definition) is 1. The van der Waals surface area contributed by atoms with Crippen LogP contribution in [-0.2, 0) is 0 Å². The molecule has 0 aliphatic rings. The monoisotopic (exact) mass is 160 g/mol. The maximum absolute atomic E-state index is 12.5. The van der Waals surface area contributed by atoms with Gasteiger partial charge >= 0.3 is 0 Å². The first-order chi connectivity index (χ1) is 4.61. The molecule has 1 aromatic rings. The van der Waals surface area contributed by atoms with Gasteiger partial charge in [0, 0.05) is 4.90 Å². The summed E-state index contributed by atoms with van der Waals surface area (Å²) in [5.74, 6) is -1.72. The molecular formula is C7H6F2S. The Bertz CT molecular complexity index is 235. The van der Waals surface area contributed by atoms with Gasteiger partial charge in [0.05, 0.1) is 0 Å². The SMILES string of the molecule is Cc1cc(F)c(F)c(S)c1. The van der Waals surface area contributed by atoms with Gasteiger partial charge in [0.15, 0.2) is 11.6 Å². The number of halogens is 2. The highest BCUT2D eigenvalue weighted by molar-refractivity contribution is 7.80. The lowest BCUT2D eigenvalue weighted by atomic mass is 10.2. The molecule has 0 saturated carbocycles. The molecule has 0 atom stereocenters. The van der Waals surface area contributed by atoms with Gasteiger partial charge in [0.1, 0.15) is 0 Å². The summed E-state index contributed by atoms with van der Waals surface area (Å²) in [5.41, 5.74) is 0.670. The summed E-state index contributed by atoms with van der Waals surface area (Å²) in [6, 6.07) is 2.61. The minimum absolute atomic E-state index is 0.0532. The van der Waals surface area contributed by atoms with Crippen molar-refractivity contribution in [2.75, 3.05) is 0 Å². The summed E-state index contributed by atoms with van der Waals surface area (Å²) >= 11 is 3.72. The lowest BCUT2D eigenvalue weighted by Gasteiger charge is -1.97. The van der Waals surface area contributed by atoms with E-state index < -0.39 is 11.6 Å². The van der Waals surface area contributed by atoms with Crippen LogP contribution in [0, 0.1) is 18.6 Å². The third-order valence-electron chi connectivity index (χ3n) is 1.15. The van der Waals surface area contributed by atoms with Gasteiger partial charge in [-0.25, -0.2) is 8.78 Å². The number of thiol groups is 1. The van der Waals surface area contributed by atoms with Gasteiger partial charge in [-0.15, -0.1) is 12.6 Å². The fraction of sp³-hybridized carbons (Fsp3) is 0.143. The van der Waals surface area contributed by atoms with E-state index in [9.17, 15) is 8.78 Å². The van der Waals surface area contributed by atoms with Gasteiger partial charge in [-0.05, 0) is 24.6 Å². The largest absolute Gasteiger partial charge is 0.204 e. The summed E-state index contributed by atoms with van der Waals surface area (Å²) in [6.07, 6.45) is 0. The topological polar surface area (TPSA) is 0 Å². The van der Waals surface area contributed by atoms with E-state index in [-0.39, 0.29) is 4.90 Å². The number of aryl methyl sites for hydroxylation is 1. The first kappa shape index (κ1) is 7.54. The first-order valence-electron chi connectivity index (χ1n) is 2.76. The zero-order valence-corrected chi connectivity index (χ0v) is 6.25. The van der Waals surface area contributed by atoms with Crippen LogP contribution >= 0.6 is 12.6 Å². The van der Waals surface area contributed by atoms with Crippen LogP contribution < -0.4 is 0 Å². The molecule has 0 bridgehead atoms. The van der Waals surface area contributed by atoms with E-state index in [1.807, 2.05) is 0 Å². The fourth-order valence-corrected chi connectivity index (χ4v) is 1.02. The Morgan fingerprint density at radius 1 is 1.30 bits per heavy atom. The lowest BCUT2D eigenvalue weighted by Crippen LogP contribution is -1.86. The van der Waals surface area contributed by atoms with E-state index in [4.69, 9.17) is 0 Å². The molecule has 0 amide bonds. The second-order valence-electron chi connectivity index (χ2n) is 2.08. The van der Waals surface area contributed by atoms with Crippen molar-refractivity contribution in [3.05, 3.63) is 29.3 Å². The molecule has 10 heavy (non-hydrogen) atoms. The highest BCUT2D eigenvalue weighted by Crippen LogP contribution is 2.17. The minimum atomic E-state index is -0.881. The number of rotatable bonds is 0. The summed E-state index contributed by atoms with van der Waals surface area (Å²) in [6.45, 7) is 1.68. The third-order valence-corrected chi connectivity index (χ3v) is 1.48. The van der Waals surface area contributed by atoms with Gasteiger partial charge in [0.2, 0.25) is 0 Å². The van der Waals surface area contributed by atoms with Gasteiger partial charge in [-0.2, -0.15) is 0 Å². The molecule has 0 unspecified atom stereocenters. The number of hydrogen-bond donors (Lipinski definition) is 1. The molecule has 0 spiro atoms. The van der Waals surface area contributed by atoms with Crippen molar-refractivity contribution in [1.82, 2.24) is 0 Å². The lowest BCUT2D eigenvalue weighted by molar-refractivity contribution is 0.491. The number of benzene rings is 1. The van der Waals surface area contributed by atoms with E-state index in [1.165, 1.54) is 6.07 Å². The van der Waals surface area contributed by atoms with Crippen molar-refractivity contribution in [2.45, 2.75) is 11.8 Å². The predicted molar refractivity (Wildman–Crippen MR) is 38.3 cm³/mol. The maximum Gasteiger partial charge on any atom is 0.172 e. The second kappa shape index (κ2) is 2.58. The molecule has 0 heterocycles. The average Bonchev–Trinajstić information content (AvgIpc) is 1.82. The Balaban J connectivity index is 3.31. The van der Waals surface area contributed by atoms with Crippen LogP contribution in [0.2, 0.25) is 0 Å². The van der Waals surface area contributed by atoms with E-state index in [2.05, 4.69) is 12.6 Å². The van der Waals surface area contributed by atoms with Crippen LogP contribution in [0.3, 0.4) is 0 Å².